The third kappa shape index (κ3) is 2.85. The van der Waals surface area contributed by atoms with Crippen LogP contribution in [0.15, 0.2) is 24.4 Å². The molecule has 1 aromatic rings. The molecule has 1 heterocycles. The predicted octanol–water partition coefficient (Wildman–Crippen LogP) is 2.12. The van der Waals surface area contributed by atoms with Crippen molar-refractivity contribution in [1.29, 1.82) is 0 Å². The fourth-order valence-electron chi connectivity index (χ4n) is 0.947. The van der Waals surface area contributed by atoms with E-state index in [0.717, 1.165) is 5.56 Å². The number of aromatic nitrogens is 1. The van der Waals surface area contributed by atoms with Crippen molar-refractivity contribution in [2.75, 3.05) is 13.0 Å². The molecule has 0 atom stereocenters. The molecule has 1 aromatic heterocycles. The van der Waals surface area contributed by atoms with Crippen LogP contribution in [0.3, 0.4) is 0 Å². The van der Waals surface area contributed by atoms with Crippen LogP contribution in [0.4, 0.5) is 0 Å². The lowest BCUT2D eigenvalue weighted by atomic mass is 10.2. The number of halogens is 1. The van der Waals surface area contributed by atoms with Gasteiger partial charge in [0.05, 0.1) is 7.11 Å². The van der Waals surface area contributed by atoms with Gasteiger partial charge in [0.25, 0.3) is 0 Å². The smallest absolute Gasteiger partial charge is 0.356 e. The molecule has 14 heavy (non-hydrogen) atoms. The second kappa shape index (κ2) is 5.40. The third-order valence-electron chi connectivity index (χ3n) is 1.58. The van der Waals surface area contributed by atoms with Crippen molar-refractivity contribution < 1.29 is 9.53 Å². The van der Waals surface area contributed by atoms with E-state index in [0.29, 0.717) is 11.6 Å². The first kappa shape index (κ1) is 10.7. The lowest BCUT2D eigenvalue weighted by molar-refractivity contribution is 0.0594. The topological polar surface area (TPSA) is 39.2 Å². The van der Waals surface area contributed by atoms with Crippen molar-refractivity contribution in [1.82, 2.24) is 4.98 Å². The summed E-state index contributed by atoms with van der Waals surface area (Å²) < 4.78 is 4.54. The number of carbonyl (C=O) groups excluding carboxylic acids is 1. The molecule has 0 aliphatic heterocycles. The number of esters is 1. The normalized spacial score (nSPS) is 10.4. The summed E-state index contributed by atoms with van der Waals surface area (Å²) in [7, 11) is 1.32. The average molecular weight is 212 g/mol. The number of methoxy groups -OCH3 is 1. The molecule has 0 aliphatic rings. The van der Waals surface area contributed by atoms with Crippen molar-refractivity contribution in [2.45, 2.75) is 0 Å². The first-order valence-corrected chi connectivity index (χ1v) is 4.58. The Morgan fingerprint density at radius 3 is 3.14 bits per heavy atom. The van der Waals surface area contributed by atoms with E-state index in [-0.39, 0.29) is 0 Å². The Labute approximate surface area is 87.4 Å². The Morgan fingerprint density at radius 1 is 1.71 bits per heavy atom. The molecule has 0 radical (unpaired) electrons. The van der Waals surface area contributed by atoms with Gasteiger partial charge in [-0.1, -0.05) is 12.2 Å². The fraction of sp³-hybridized carbons (Fsp3) is 0.200. The number of alkyl halides is 1. The van der Waals surface area contributed by atoms with Crippen molar-refractivity contribution in [3.63, 3.8) is 0 Å². The zero-order valence-electron chi connectivity index (χ0n) is 7.74. The molecule has 0 saturated heterocycles. The summed E-state index contributed by atoms with van der Waals surface area (Å²) >= 11 is 5.49. The summed E-state index contributed by atoms with van der Waals surface area (Å²) in [5.74, 6) is 0.00158. The first-order valence-electron chi connectivity index (χ1n) is 4.05. The van der Waals surface area contributed by atoms with Crippen LogP contribution < -0.4 is 0 Å². The molecular weight excluding hydrogens is 202 g/mol. The minimum Gasteiger partial charge on any atom is -0.464 e. The average Bonchev–Trinajstić information content (AvgIpc) is 2.25. The Kier molecular flexibility index (Phi) is 4.13. The fourth-order valence-corrected chi connectivity index (χ4v) is 1.04. The molecule has 0 fully saturated rings. The number of rotatable bonds is 3. The quantitative estimate of drug-likeness (QED) is 0.568. The van der Waals surface area contributed by atoms with Crippen LogP contribution in [-0.2, 0) is 4.74 Å². The van der Waals surface area contributed by atoms with E-state index in [1.54, 1.807) is 24.4 Å². The van der Waals surface area contributed by atoms with E-state index in [2.05, 4.69) is 9.72 Å². The van der Waals surface area contributed by atoms with Gasteiger partial charge >= 0.3 is 5.97 Å². The van der Waals surface area contributed by atoms with Gasteiger partial charge in [0, 0.05) is 12.1 Å². The molecule has 0 bridgehead atoms. The van der Waals surface area contributed by atoms with Crippen LogP contribution in [-0.4, -0.2) is 23.9 Å². The van der Waals surface area contributed by atoms with Gasteiger partial charge in [-0.2, -0.15) is 0 Å². The summed E-state index contributed by atoms with van der Waals surface area (Å²) in [4.78, 5) is 15.0. The number of hydrogen-bond acceptors (Lipinski definition) is 3. The third-order valence-corrected chi connectivity index (χ3v) is 1.76. The van der Waals surface area contributed by atoms with Gasteiger partial charge in [0.2, 0.25) is 0 Å². The summed E-state index contributed by atoms with van der Waals surface area (Å²) in [6.07, 6.45) is 5.17. The van der Waals surface area contributed by atoms with Crippen LogP contribution >= 0.6 is 11.6 Å². The Bertz CT molecular complexity index is 350. The predicted molar refractivity (Wildman–Crippen MR) is 55.3 cm³/mol. The second-order valence-corrected chi connectivity index (χ2v) is 2.83. The number of allylic oxidation sites excluding steroid dienone is 1. The first-order chi connectivity index (χ1) is 6.77. The maximum absolute atomic E-state index is 11.1. The summed E-state index contributed by atoms with van der Waals surface area (Å²) in [6.45, 7) is 0. The van der Waals surface area contributed by atoms with E-state index in [9.17, 15) is 4.79 Å². The largest absolute Gasteiger partial charge is 0.464 e. The van der Waals surface area contributed by atoms with Gasteiger partial charge < -0.3 is 4.74 Å². The van der Waals surface area contributed by atoms with Crippen LogP contribution in [0.5, 0.6) is 0 Å². The number of pyridine rings is 1. The molecule has 0 amide bonds. The molecular formula is C10H10ClNO2. The lowest BCUT2D eigenvalue weighted by Crippen LogP contribution is -2.03. The minimum absolute atomic E-state index is 0.296. The van der Waals surface area contributed by atoms with Gasteiger partial charge in [-0.15, -0.1) is 11.6 Å². The molecule has 0 N–H and O–H groups in total. The molecule has 4 heteroatoms. The van der Waals surface area contributed by atoms with Gasteiger partial charge in [0.15, 0.2) is 0 Å². The molecule has 3 nitrogen and oxygen atoms in total. The van der Waals surface area contributed by atoms with E-state index in [1.165, 1.54) is 7.11 Å². The summed E-state index contributed by atoms with van der Waals surface area (Å²) in [5.41, 5.74) is 1.17. The number of carbonyl (C=O) groups is 1. The van der Waals surface area contributed by atoms with Gasteiger partial charge in [-0.05, 0) is 17.7 Å². The molecule has 0 unspecified atom stereocenters. The van der Waals surface area contributed by atoms with E-state index in [1.807, 2.05) is 6.08 Å². The summed E-state index contributed by atoms with van der Waals surface area (Å²) in [5, 5.41) is 0. The minimum atomic E-state index is -0.439. The maximum Gasteiger partial charge on any atom is 0.356 e. The van der Waals surface area contributed by atoms with Gasteiger partial charge in [0.1, 0.15) is 5.69 Å². The summed E-state index contributed by atoms with van der Waals surface area (Å²) in [6, 6.07) is 3.43. The van der Waals surface area contributed by atoms with Crippen molar-refractivity contribution in [3.05, 3.63) is 35.7 Å². The lowest BCUT2D eigenvalue weighted by Gasteiger charge is -1.98. The zero-order valence-corrected chi connectivity index (χ0v) is 8.49. The van der Waals surface area contributed by atoms with E-state index in [4.69, 9.17) is 11.6 Å². The maximum atomic E-state index is 11.1. The molecule has 0 spiro atoms. The number of nitrogens with zero attached hydrogens (tertiary/aromatic N) is 1. The zero-order chi connectivity index (χ0) is 10.4. The highest BCUT2D eigenvalue weighted by molar-refractivity contribution is 6.19. The van der Waals surface area contributed by atoms with Crippen LogP contribution in [0.2, 0.25) is 0 Å². The molecule has 74 valence electrons. The highest BCUT2D eigenvalue weighted by atomic mass is 35.5. The molecule has 0 aromatic carbocycles. The van der Waals surface area contributed by atoms with Gasteiger partial charge in [-0.25, -0.2) is 9.78 Å². The Hall–Kier alpha value is -1.35. The number of hydrogen-bond donors (Lipinski definition) is 0. The standard InChI is InChI=1S/C10H10ClNO2/c1-14-10(13)9-7-8(3-2-5-11)4-6-12-9/h2-4,6-7H,5H2,1H3. The van der Waals surface area contributed by atoms with Crippen molar-refractivity contribution in [3.8, 4) is 0 Å². The molecule has 0 saturated carbocycles. The van der Waals surface area contributed by atoms with Gasteiger partial charge in [-0.3, -0.25) is 0 Å². The van der Waals surface area contributed by atoms with Crippen molar-refractivity contribution >= 4 is 23.6 Å². The van der Waals surface area contributed by atoms with Crippen LogP contribution in [0.1, 0.15) is 16.1 Å². The highest BCUT2D eigenvalue weighted by Crippen LogP contribution is 2.05. The number of ether oxygens (including phenoxy) is 1. The molecule has 0 aliphatic carbocycles. The van der Waals surface area contributed by atoms with E-state index >= 15 is 0 Å². The van der Waals surface area contributed by atoms with Crippen LogP contribution in [0.25, 0.3) is 6.08 Å². The SMILES string of the molecule is COC(=O)c1cc(C=CCCl)ccn1. The monoisotopic (exact) mass is 211 g/mol. The van der Waals surface area contributed by atoms with Crippen LogP contribution in [0, 0.1) is 0 Å². The highest BCUT2D eigenvalue weighted by Gasteiger charge is 2.05. The van der Waals surface area contributed by atoms with Crippen molar-refractivity contribution in [2.24, 2.45) is 0 Å². The Balaban J connectivity index is 2.89. The Morgan fingerprint density at radius 2 is 2.50 bits per heavy atom. The second-order valence-electron chi connectivity index (χ2n) is 2.52. The molecule has 1 rings (SSSR count). The van der Waals surface area contributed by atoms with E-state index < -0.39 is 5.97 Å².